The molecule has 0 atom stereocenters. The first-order valence-corrected chi connectivity index (χ1v) is 6.83. The van der Waals surface area contributed by atoms with Gasteiger partial charge in [0, 0.05) is 11.1 Å². The van der Waals surface area contributed by atoms with E-state index < -0.39 is 23.0 Å². The SMILES string of the molecule is O=C(O)C1(c2ccc(F)c(-c3ccccc3F)c2)CCC1. The minimum atomic E-state index is -0.951. The van der Waals surface area contributed by atoms with E-state index in [0.717, 1.165) is 6.42 Å². The number of aliphatic carboxylic acids is 1. The molecule has 0 heterocycles. The molecule has 0 saturated heterocycles. The van der Waals surface area contributed by atoms with Crippen LogP contribution in [0.15, 0.2) is 42.5 Å². The van der Waals surface area contributed by atoms with E-state index in [1.54, 1.807) is 6.07 Å². The maximum absolute atomic E-state index is 14.0. The second-order valence-electron chi connectivity index (χ2n) is 5.42. The van der Waals surface area contributed by atoms with Gasteiger partial charge in [-0.25, -0.2) is 8.78 Å². The number of carboxylic acids is 1. The third kappa shape index (κ3) is 2.11. The number of hydrogen-bond donors (Lipinski definition) is 1. The van der Waals surface area contributed by atoms with Gasteiger partial charge in [0.25, 0.3) is 0 Å². The summed E-state index contributed by atoms with van der Waals surface area (Å²) in [5, 5.41) is 9.45. The van der Waals surface area contributed by atoms with Crippen LogP contribution in [0.4, 0.5) is 8.78 Å². The minimum Gasteiger partial charge on any atom is -0.481 e. The molecule has 21 heavy (non-hydrogen) atoms. The van der Waals surface area contributed by atoms with Crippen molar-refractivity contribution in [2.24, 2.45) is 0 Å². The summed E-state index contributed by atoms with van der Waals surface area (Å²) in [5.41, 5.74) is -0.149. The van der Waals surface area contributed by atoms with Crippen LogP contribution in [-0.2, 0) is 10.2 Å². The second-order valence-corrected chi connectivity index (χ2v) is 5.42. The van der Waals surface area contributed by atoms with Crippen LogP contribution in [0, 0.1) is 11.6 Å². The summed E-state index contributed by atoms with van der Waals surface area (Å²) in [6.07, 6.45) is 1.90. The molecule has 108 valence electrons. The van der Waals surface area contributed by atoms with Crippen molar-refractivity contribution < 1.29 is 18.7 Å². The van der Waals surface area contributed by atoms with Crippen molar-refractivity contribution in [1.82, 2.24) is 0 Å². The van der Waals surface area contributed by atoms with Crippen molar-refractivity contribution in [3.63, 3.8) is 0 Å². The molecule has 3 rings (SSSR count). The summed E-state index contributed by atoms with van der Waals surface area (Å²) in [6, 6.07) is 10.1. The van der Waals surface area contributed by atoms with Crippen LogP contribution in [0.25, 0.3) is 11.1 Å². The molecule has 1 aliphatic rings. The summed E-state index contributed by atoms with van der Waals surface area (Å²) in [4.78, 5) is 11.5. The van der Waals surface area contributed by atoms with Crippen LogP contribution >= 0.6 is 0 Å². The zero-order valence-electron chi connectivity index (χ0n) is 11.3. The molecule has 1 saturated carbocycles. The topological polar surface area (TPSA) is 37.3 Å². The first-order valence-electron chi connectivity index (χ1n) is 6.83. The molecule has 0 radical (unpaired) electrons. The normalized spacial score (nSPS) is 16.3. The van der Waals surface area contributed by atoms with Crippen LogP contribution in [0.3, 0.4) is 0 Å². The lowest BCUT2D eigenvalue weighted by molar-refractivity contribution is -0.147. The van der Waals surface area contributed by atoms with E-state index in [9.17, 15) is 18.7 Å². The molecule has 1 N–H and O–H groups in total. The molecule has 0 aliphatic heterocycles. The zero-order chi connectivity index (χ0) is 15.0. The standard InChI is InChI=1S/C17H14F2O2/c18-14-5-2-1-4-12(14)13-10-11(6-7-15(13)19)17(16(20)21)8-3-9-17/h1-2,4-7,10H,3,8-9H2,(H,20,21). The highest BCUT2D eigenvalue weighted by Crippen LogP contribution is 2.45. The molecule has 0 unspecified atom stereocenters. The number of benzene rings is 2. The fraction of sp³-hybridized carbons (Fsp3) is 0.235. The quantitative estimate of drug-likeness (QED) is 0.921. The first kappa shape index (κ1) is 13.7. The molecule has 0 bridgehead atoms. The molecule has 2 nitrogen and oxygen atoms in total. The number of rotatable bonds is 3. The van der Waals surface area contributed by atoms with Gasteiger partial charge in [-0.2, -0.15) is 0 Å². The molecule has 2 aromatic carbocycles. The van der Waals surface area contributed by atoms with Crippen molar-refractivity contribution in [3.05, 3.63) is 59.7 Å². The van der Waals surface area contributed by atoms with E-state index in [0.29, 0.717) is 18.4 Å². The molecular formula is C17H14F2O2. The van der Waals surface area contributed by atoms with Crippen LogP contribution in [0.5, 0.6) is 0 Å². The van der Waals surface area contributed by atoms with E-state index in [1.165, 1.54) is 36.4 Å². The van der Waals surface area contributed by atoms with Crippen molar-refractivity contribution in [2.75, 3.05) is 0 Å². The maximum Gasteiger partial charge on any atom is 0.314 e. The Labute approximate surface area is 121 Å². The first-order chi connectivity index (χ1) is 10.0. The molecular weight excluding hydrogens is 274 g/mol. The Balaban J connectivity index is 2.14. The summed E-state index contributed by atoms with van der Waals surface area (Å²) < 4.78 is 27.9. The average molecular weight is 288 g/mol. The van der Waals surface area contributed by atoms with E-state index in [1.807, 2.05) is 0 Å². The van der Waals surface area contributed by atoms with Gasteiger partial charge >= 0.3 is 5.97 Å². The number of carboxylic acid groups (broad SMARTS) is 1. The van der Waals surface area contributed by atoms with Gasteiger partial charge < -0.3 is 5.11 Å². The van der Waals surface area contributed by atoms with E-state index >= 15 is 0 Å². The van der Waals surface area contributed by atoms with Gasteiger partial charge in [0.2, 0.25) is 0 Å². The van der Waals surface area contributed by atoms with Crippen LogP contribution in [-0.4, -0.2) is 11.1 Å². The van der Waals surface area contributed by atoms with Gasteiger partial charge in [0.05, 0.1) is 5.41 Å². The summed E-state index contributed by atoms with van der Waals surface area (Å²) >= 11 is 0. The van der Waals surface area contributed by atoms with Gasteiger partial charge in [-0.05, 0) is 36.6 Å². The zero-order valence-corrected chi connectivity index (χ0v) is 11.3. The highest BCUT2D eigenvalue weighted by Gasteiger charge is 2.46. The fourth-order valence-corrected chi connectivity index (χ4v) is 2.87. The molecule has 1 fully saturated rings. The lowest BCUT2D eigenvalue weighted by atomic mass is 9.64. The lowest BCUT2D eigenvalue weighted by Crippen LogP contribution is -2.42. The molecule has 0 spiro atoms. The summed E-state index contributed by atoms with van der Waals surface area (Å²) in [7, 11) is 0. The maximum atomic E-state index is 14.0. The number of hydrogen-bond acceptors (Lipinski definition) is 1. The Bertz CT molecular complexity index is 706. The Kier molecular flexibility index (Phi) is 3.24. The fourth-order valence-electron chi connectivity index (χ4n) is 2.87. The van der Waals surface area contributed by atoms with Crippen molar-refractivity contribution >= 4 is 5.97 Å². The van der Waals surface area contributed by atoms with Crippen molar-refractivity contribution in [2.45, 2.75) is 24.7 Å². The van der Waals surface area contributed by atoms with Gasteiger partial charge in [-0.1, -0.05) is 30.7 Å². The third-order valence-electron chi connectivity index (χ3n) is 4.30. The smallest absolute Gasteiger partial charge is 0.314 e. The predicted molar refractivity (Wildman–Crippen MR) is 75.0 cm³/mol. The van der Waals surface area contributed by atoms with Crippen LogP contribution < -0.4 is 0 Å². The monoisotopic (exact) mass is 288 g/mol. The Morgan fingerprint density at radius 2 is 1.67 bits per heavy atom. The number of halogens is 2. The Morgan fingerprint density at radius 1 is 1.00 bits per heavy atom. The molecule has 0 amide bonds. The Morgan fingerprint density at radius 3 is 2.24 bits per heavy atom. The van der Waals surface area contributed by atoms with E-state index in [-0.39, 0.29) is 11.1 Å². The summed E-state index contributed by atoms with van der Waals surface area (Å²) in [6.45, 7) is 0. The molecule has 2 aromatic rings. The third-order valence-corrected chi connectivity index (χ3v) is 4.30. The van der Waals surface area contributed by atoms with Gasteiger partial charge in [-0.3, -0.25) is 4.79 Å². The van der Waals surface area contributed by atoms with Crippen molar-refractivity contribution in [3.8, 4) is 11.1 Å². The highest BCUT2D eigenvalue weighted by atomic mass is 19.1. The van der Waals surface area contributed by atoms with Crippen LogP contribution in [0.1, 0.15) is 24.8 Å². The molecule has 1 aliphatic carbocycles. The summed E-state index contributed by atoms with van der Waals surface area (Å²) in [5.74, 6) is -1.98. The largest absolute Gasteiger partial charge is 0.481 e. The van der Waals surface area contributed by atoms with E-state index in [4.69, 9.17) is 0 Å². The number of carbonyl (C=O) groups is 1. The second kappa shape index (κ2) is 4.95. The average Bonchev–Trinajstić information content (AvgIpc) is 2.40. The highest BCUT2D eigenvalue weighted by molar-refractivity contribution is 5.83. The molecule has 4 heteroatoms. The Hall–Kier alpha value is -2.23. The van der Waals surface area contributed by atoms with Gasteiger partial charge in [-0.15, -0.1) is 0 Å². The van der Waals surface area contributed by atoms with E-state index in [2.05, 4.69) is 0 Å². The lowest BCUT2D eigenvalue weighted by Gasteiger charge is -2.38. The van der Waals surface area contributed by atoms with Gasteiger partial charge in [0.1, 0.15) is 11.6 Å². The predicted octanol–water partition coefficient (Wildman–Crippen LogP) is 4.14. The van der Waals surface area contributed by atoms with Crippen molar-refractivity contribution in [1.29, 1.82) is 0 Å². The van der Waals surface area contributed by atoms with Gasteiger partial charge in [0.15, 0.2) is 0 Å². The minimum absolute atomic E-state index is 0.109. The van der Waals surface area contributed by atoms with Crippen LogP contribution in [0.2, 0.25) is 0 Å². The molecule has 0 aromatic heterocycles.